The van der Waals surface area contributed by atoms with E-state index in [1.54, 1.807) is 11.1 Å². The van der Waals surface area contributed by atoms with Crippen LogP contribution in [0.15, 0.2) is 12.1 Å². The van der Waals surface area contributed by atoms with E-state index in [9.17, 15) is 0 Å². The predicted octanol–water partition coefficient (Wildman–Crippen LogP) is 6.71. The van der Waals surface area contributed by atoms with Crippen LogP contribution in [0.1, 0.15) is 93.7 Å². The molecular formula is C30H40O2. The molecule has 32 heavy (non-hydrogen) atoms. The second-order valence-corrected chi connectivity index (χ2v) is 13.8. The number of aryl methyl sites for hydroxylation is 1. The van der Waals surface area contributed by atoms with Gasteiger partial charge in [0, 0.05) is 5.56 Å². The second kappa shape index (κ2) is 6.55. The van der Waals surface area contributed by atoms with Crippen LogP contribution in [0.5, 0.6) is 5.75 Å². The van der Waals surface area contributed by atoms with Gasteiger partial charge in [0.05, 0.1) is 6.61 Å². The lowest BCUT2D eigenvalue weighted by atomic mass is 9.46. The molecule has 1 aliphatic heterocycles. The summed E-state index contributed by atoms with van der Waals surface area (Å²) in [5.41, 5.74) is 5.78. The number of benzene rings is 1. The number of hydrogen-bond donors (Lipinski definition) is 0. The van der Waals surface area contributed by atoms with Gasteiger partial charge in [-0.15, -0.1) is 0 Å². The van der Waals surface area contributed by atoms with Crippen LogP contribution in [0.25, 0.3) is 0 Å². The molecule has 10 rings (SSSR count). The average molecular weight is 433 g/mol. The molecular weight excluding hydrogens is 392 g/mol. The topological polar surface area (TPSA) is 21.8 Å². The molecule has 0 spiro atoms. The summed E-state index contributed by atoms with van der Waals surface area (Å²) in [6, 6.07) is 5.25. The summed E-state index contributed by atoms with van der Waals surface area (Å²) in [5, 5.41) is 0. The van der Waals surface area contributed by atoms with Crippen LogP contribution in [0, 0.1) is 42.4 Å². The van der Waals surface area contributed by atoms with Crippen LogP contribution < -0.4 is 4.74 Å². The highest BCUT2D eigenvalue weighted by atomic mass is 16.6. The van der Waals surface area contributed by atoms with E-state index in [4.69, 9.17) is 9.47 Å². The maximum atomic E-state index is 6.58. The van der Waals surface area contributed by atoms with E-state index in [0.29, 0.717) is 16.9 Å². The fraction of sp³-hybridized carbons (Fsp3) is 0.800. The van der Waals surface area contributed by atoms with E-state index in [-0.39, 0.29) is 0 Å². The molecule has 8 aliphatic carbocycles. The first-order valence-electron chi connectivity index (χ1n) is 14.0. The van der Waals surface area contributed by atoms with Gasteiger partial charge in [-0.05, 0) is 148 Å². The Morgan fingerprint density at radius 2 is 1.16 bits per heavy atom. The van der Waals surface area contributed by atoms with Crippen LogP contribution in [0.4, 0.5) is 0 Å². The number of rotatable bonds is 5. The van der Waals surface area contributed by atoms with E-state index in [0.717, 1.165) is 48.7 Å². The Hall–Kier alpha value is -1.02. The molecule has 1 saturated heterocycles. The van der Waals surface area contributed by atoms with Crippen molar-refractivity contribution in [3.05, 3.63) is 28.8 Å². The Balaban J connectivity index is 1.24. The smallest absolute Gasteiger partial charge is 0.123 e. The van der Waals surface area contributed by atoms with E-state index in [1.807, 2.05) is 0 Å². The first kappa shape index (κ1) is 19.3. The van der Waals surface area contributed by atoms with E-state index < -0.39 is 0 Å². The summed E-state index contributed by atoms with van der Waals surface area (Å²) in [6.45, 7) is 4.03. The molecule has 1 unspecified atom stereocenters. The minimum Gasteiger partial charge on any atom is -0.490 e. The lowest BCUT2D eigenvalue weighted by molar-refractivity contribution is -0.00937. The van der Waals surface area contributed by atoms with Gasteiger partial charge >= 0.3 is 0 Å². The lowest BCUT2D eigenvalue weighted by Crippen LogP contribution is -2.50. The highest BCUT2D eigenvalue weighted by Crippen LogP contribution is 2.64. The SMILES string of the molecule is Cc1cc(OCC2CO2)c(C23CC4CC(CC(C4)C2)C3)cc1C12CC3CC(CC(C3)C1)C2. The van der Waals surface area contributed by atoms with Gasteiger partial charge in [-0.1, -0.05) is 6.07 Å². The molecule has 8 bridgehead atoms. The van der Waals surface area contributed by atoms with Crippen molar-refractivity contribution in [1.29, 1.82) is 0 Å². The first-order chi connectivity index (χ1) is 15.6. The zero-order chi connectivity index (χ0) is 21.1. The zero-order valence-corrected chi connectivity index (χ0v) is 19.9. The van der Waals surface area contributed by atoms with Gasteiger partial charge in [-0.25, -0.2) is 0 Å². The molecule has 0 aromatic heterocycles. The average Bonchev–Trinajstić information content (AvgIpc) is 3.54. The normalized spacial score (nSPS) is 49.6. The Kier molecular flexibility index (Phi) is 3.95. The van der Waals surface area contributed by atoms with Crippen molar-refractivity contribution in [2.75, 3.05) is 13.2 Å². The Morgan fingerprint density at radius 3 is 1.59 bits per heavy atom. The molecule has 9 fully saturated rings. The van der Waals surface area contributed by atoms with E-state index in [1.165, 1.54) is 88.4 Å². The van der Waals surface area contributed by atoms with Crippen molar-refractivity contribution < 1.29 is 9.47 Å². The molecule has 2 nitrogen and oxygen atoms in total. The van der Waals surface area contributed by atoms with Crippen LogP contribution in [-0.2, 0) is 15.6 Å². The summed E-state index contributed by atoms with van der Waals surface area (Å²) < 4.78 is 12.1. The Labute approximate surface area is 193 Å². The van der Waals surface area contributed by atoms with Crippen LogP contribution in [0.3, 0.4) is 0 Å². The maximum Gasteiger partial charge on any atom is 0.123 e. The van der Waals surface area contributed by atoms with Gasteiger partial charge in [-0.3, -0.25) is 0 Å². The van der Waals surface area contributed by atoms with Crippen molar-refractivity contribution in [3.8, 4) is 5.75 Å². The van der Waals surface area contributed by atoms with Crippen LogP contribution >= 0.6 is 0 Å². The van der Waals surface area contributed by atoms with Crippen molar-refractivity contribution in [1.82, 2.24) is 0 Å². The van der Waals surface area contributed by atoms with Gasteiger partial charge < -0.3 is 9.47 Å². The largest absolute Gasteiger partial charge is 0.490 e. The Morgan fingerprint density at radius 1 is 0.719 bits per heavy atom. The number of hydrogen-bond acceptors (Lipinski definition) is 2. The molecule has 9 aliphatic rings. The monoisotopic (exact) mass is 432 g/mol. The molecule has 172 valence electrons. The predicted molar refractivity (Wildman–Crippen MR) is 126 cm³/mol. The second-order valence-electron chi connectivity index (χ2n) is 13.8. The summed E-state index contributed by atoms with van der Waals surface area (Å²) in [6.07, 6.45) is 18.2. The third kappa shape index (κ3) is 2.87. The highest BCUT2D eigenvalue weighted by molar-refractivity contribution is 5.51. The quantitative estimate of drug-likeness (QED) is 0.482. The van der Waals surface area contributed by atoms with Crippen LogP contribution in [-0.4, -0.2) is 19.3 Å². The summed E-state index contributed by atoms with van der Waals surface area (Å²) in [4.78, 5) is 0. The van der Waals surface area contributed by atoms with Gasteiger partial charge in [0.2, 0.25) is 0 Å². The van der Waals surface area contributed by atoms with E-state index in [2.05, 4.69) is 19.1 Å². The van der Waals surface area contributed by atoms with Crippen molar-refractivity contribution >= 4 is 0 Å². The molecule has 0 N–H and O–H groups in total. The standard InChI is InChI=1S/C30H40O2/c1-18-2-28(32-17-25-16-31-25)27(30-13-22-6-23(14-30)8-24(7-22)15-30)9-26(18)29-10-19-3-20(11-29)5-21(4-19)12-29/h2,9,19-25H,3-8,10-17H2,1H3. The fourth-order valence-electron chi connectivity index (χ4n) is 11.0. The summed E-state index contributed by atoms with van der Waals surface area (Å²) >= 11 is 0. The molecule has 1 aromatic carbocycles. The van der Waals surface area contributed by atoms with Gasteiger partial charge in [0.25, 0.3) is 0 Å². The zero-order valence-electron chi connectivity index (χ0n) is 19.9. The molecule has 2 heteroatoms. The maximum absolute atomic E-state index is 6.58. The van der Waals surface area contributed by atoms with Crippen molar-refractivity contribution in [2.24, 2.45) is 35.5 Å². The lowest BCUT2D eigenvalue weighted by Gasteiger charge is -2.59. The minimum atomic E-state index is 0.336. The van der Waals surface area contributed by atoms with E-state index >= 15 is 0 Å². The molecule has 8 saturated carbocycles. The van der Waals surface area contributed by atoms with Gasteiger partial charge in [0.1, 0.15) is 18.5 Å². The van der Waals surface area contributed by atoms with Crippen LogP contribution in [0.2, 0.25) is 0 Å². The summed E-state index contributed by atoms with van der Waals surface area (Å²) in [7, 11) is 0. The minimum absolute atomic E-state index is 0.336. The molecule has 1 heterocycles. The summed E-state index contributed by atoms with van der Waals surface area (Å²) in [5.74, 6) is 7.18. The third-order valence-electron chi connectivity index (χ3n) is 11.4. The number of ether oxygens (including phenoxy) is 2. The molecule has 0 amide bonds. The van der Waals surface area contributed by atoms with Gasteiger partial charge in [-0.2, -0.15) is 0 Å². The first-order valence-corrected chi connectivity index (χ1v) is 14.0. The highest BCUT2D eigenvalue weighted by Gasteiger charge is 2.55. The molecule has 1 atom stereocenters. The fourth-order valence-corrected chi connectivity index (χ4v) is 11.0. The van der Waals surface area contributed by atoms with Crippen molar-refractivity contribution in [2.45, 2.75) is 101 Å². The molecule has 1 aromatic rings. The van der Waals surface area contributed by atoms with Crippen molar-refractivity contribution in [3.63, 3.8) is 0 Å². The number of epoxide rings is 1. The molecule has 0 radical (unpaired) electrons. The Bertz CT molecular complexity index is 870. The third-order valence-corrected chi connectivity index (χ3v) is 11.4. The van der Waals surface area contributed by atoms with Gasteiger partial charge in [0.15, 0.2) is 0 Å².